The van der Waals surface area contributed by atoms with Crippen LogP contribution in [0.1, 0.15) is 28.9 Å². The van der Waals surface area contributed by atoms with Crippen LogP contribution >= 0.6 is 11.3 Å². The van der Waals surface area contributed by atoms with Gasteiger partial charge in [0.05, 0.1) is 5.69 Å². The predicted octanol–water partition coefficient (Wildman–Crippen LogP) is 3.87. The van der Waals surface area contributed by atoms with Crippen LogP contribution in [0.5, 0.6) is 0 Å². The highest BCUT2D eigenvalue weighted by molar-refractivity contribution is 7.08. The first-order valence-corrected chi connectivity index (χ1v) is 12.1. The second-order valence-electron chi connectivity index (χ2n) is 8.54. The number of amides is 1. The molecular weight excluding hydrogens is 406 g/mol. The van der Waals surface area contributed by atoms with Crippen LogP contribution in [0.3, 0.4) is 0 Å². The highest BCUT2D eigenvalue weighted by atomic mass is 32.1. The number of rotatable bonds is 4. The van der Waals surface area contributed by atoms with Crippen molar-refractivity contribution in [2.24, 2.45) is 0 Å². The maximum Gasteiger partial charge on any atom is 0.271 e. The number of nitrogens with one attached hydrogen (secondary N) is 1. The molecule has 0 spiro atoms. The monoisotopic (exact) mass is 435 g/mol. The molecule has 0 aliphatic carbocycles. The van der Waals surface area contributed by atoms with E-state index in [1.807, 2.05) is 22.4 Å². The van der Waals surface area contributed by atoms with Crippen molar-refractivity contribution in [2.45, 2.75) is 25.8 Å². The Morgan fingerprint density at radius 2 is 1.97 bits per heavy atom. The lowest BCUT2D eigenvalue weighted by molar-refractivity contribution is 0.0558. The first kappa shape index (κ1) is 20.3. The summed E-state index contributed by atoms with van der Waals surface area (Å²) in [4.78, 5) is 20.2. The van der Waals surface area contributed by atoms with E-state index >= 15 is 0 Å². The molecule has 2 aliphatic heterocycles. The maximum atomic E-state index is 13.1. The average Bonchev–Trinajstić information content (AvgIpc) is 3.51. The van der Waals surface area contributed by atoms with Crippen LogP contribution < -0.4 is 4.90 Å². The van der Waals surface area contributed by atoms with Crippen LogP contribution in [0.15, 0.2) is 47.2 Å². The van der Waals surface area contributed by atoms with Crippen LogP contribution in [0, 0.1) is 6.92 Å². The molecule has 1 atom stereocenters. The molecule has 6 nitrogen and oxygen atoms in total. The van der Waals surface area contributed by atoms with E-state index in [0.717, 1.165) is 63.4 Å². The van der Waals surface area contributed by atoms with Gasteiger partial charge >= 0.3 is 0 Å². The lowest BCUT2D eigenvalue weighted by atomic mass is 10.0. The molecule has 2 fully saturated rings. The number of likely N-dealkylation sites (tertiary alicyclic amines) is 1. The van der Waals surface area contributed by atoms with Crippen LogP contribution in [-0.2, 0) is 0 Å². The molecule has 1 unspecified atom stereocenters. The van der Waals surface area contributed by atoms with Gasteiger partial charge in [0, 0.05) is 61.9 Å². The number of nitrogens with zero attached hydrogens (tertiary/aromatic N) is 4. The van der Waals surface area contributed by atoms with Crippen molar-refractivity contribution >= 4 is 22.9 Å². The number of H-pyrrole nitrogens is 1. The van der Waals surface area contributed by atoms with Gasteiger partial charge in [0.15, 0.2) is 0 Å². The van der Waals surface area contributed by atoms with Crippen molar-refractivity contribution in [3.63, 3.8) is 0 Å². The summed E-state index contributed by atoms with van der Waals surface area (Å²) in [5, 5.41) is 11.4. The summed E-state index contributed by atoms with van der Waals surface area (Å²) in [6.45, 7) is 7.99. The van der Waals surface area contributed by atoms with Crippen molar-refractivity contribution in [3.8, 4) is 11.3 Å². The number of anilines is 1. The quantitative estimate of drug-likeness (QED) is 0.676. The van der Waals surface area contributed by atoms with Crippen LogP contribution in [-0.4, -0.2) is 71.2 Å². The molecule has 0 bridgehead atoms. The molecule has 5 rings (SSSR count). The number of benzene rings is 1. The molecule has 7 heteroatoms. The summed E-state index contributed by atoms with van der Waals surface area (Å²) in [7, 11) is 0. The smallest absolute Gasteiger partial charge is 0.271 e. The van der Waals surface area contributed by atoms with Crippen molar-refractivity contribution in [2.75, 3.05) is 44.2 Å². The molecule has 2 aromatic heterocycles. The molecule has 1 N–H and O–H groups in total. The topological polar surface area (TPSA) is 55.5 Å². The van der Waals surface area contributed by atoms with Crippen molar-refractivity contribution in [1.82, 2.24) is 20.0 Å². The van der Waals surface area contributed by atoms with E-state index in [9.17, 15) is 4.79 Å². The van der Waals surface area contributed by atoms with Crippen molar-refractivity contribution < 1.29 is 4.79 Å². The zero-order valence-electron chi connectivity index (χ0n) is 18.0. The van der Waals surface area contributed by atoms with Gasteiger partial charge in [-0.15, -0.1) is 0 Å². The number of carbonyl (C=O) groups excluding carboxylic acids is 1. The van der Waals surface area contributed by atoms with E-state index in [1.54, 1.807) is 11.3 Å². The number of para-hydroxylation sites is 1. The summed E-state index contributed by atoms with van der Waals surface area (Å²) in [6.07, 6.45) is 2.22. The summed E-state index contributed by atoms with van der Waals surface area (Å²) in [5.74, 6) is 0.0669. The minimum absolute atomic E-state index is 0.0669. The molecular formula is C24H29N5OS. The summed E-state index contributed by atoms with van der Waals surface area (Å²) in [5.41, 5.74) is 5.18. The standard InChI is InChI=1S/C24H29N5OS/c1-18-5-2-3-7-23(18)28-12-10-27(11-13-28)20-6-4-9-29(16-20)24(30)22-15-21(25-26-22)19-8-14-31-17-19/h2-3,5,7-8,14-15,17,20H,4,6,9-13,16H2,1H3,(H,25,26). The van der Waals surface area contributed by atoms with Crippen molar-refractivity contribution in [3.05, 3.63) is 58.4 Å². The minimum atomic E-state index is 0.0669. The molecule has 2 aliphatic rings. The molecule has 3 aromatic rings. The SMILES string of the molecule is Cc1ccccc1N1CCN(C2CCCN(C(=O)c3cc(-c4ccsc4)n[nH]3)C2)CC1. The van der Waals surface area contributed by atoms with Crippen molar-refractivity contribution in [1.29, 1.82) is 0 Å². The Balaban J connectivity index is 1.20. The number of thiophene rings is 1. The Labute approximate surface area is 187 Å². The van der Waals surface area contributed by atoms with Gasteiger partial charge < -0.3 is 9.80 Å². The number of hydrogen-bond acceptors (Lipinski definition) is 5. The fourth-order valence-electron chi connectivity index (χ4n) is 4.84. The third-order valence-electron chi connectivity index (χ3n) is 6.60. The van der Waals surface area contributed by atoms with Gasteiger partial charge in [-0.1, -0.05) is 18.2 Å². The molecule has 4 heterocycles. The van der Waals surface area contributed by atoms with Gasteiger partial charge in [-0.25, -0.2) is 0 Å². The molecule has 31 heavy (non-hydrogen) atoms. The second kappa shape index (κ2) is 8.85. The Kier molecular flexibility index (Phi) is 5.78. The minimum Gasteiger partial charge on any atom is -0.369 e. The van der Waals surface area contributed by atoms with Gasteiger partial charge in [0.25, 0.3) is 5.91 Å². The largest absolute Gasteiger partial charge is 0.369 e. The second-order valence-corrected chi connectivity index (χ2v) is 9.32. The summed E-state index contributed by atoms with van der Waals surface area (Å²) < 4.78 is 0. The Morgan fingerprint density at radius 3 is 2.74 bits per heavy atom. The molecule has 1 aromatic carbocycles. The molecule has 0 saturated carbocycles. The van der Waals surface area contributed by atoms with E-state index < -0.39 is 0 Å². The molecule has 162 valence electrons. The lowest BCUT2D eigenvalue weighted by Gasteiger charge is -2.44. The zero-order valence-corrected chi connectivity index (χ0v) is 18.8. The van der Waals surface area contributed by atoms with Crippen LogP contribution in [0.2, 0.25) is 0 Å². The summed E-state index contributed by atoms with van der Waals surface area (Å²) in [6, 6.07) is 13.0. The predicted molar refractivity (Wildman–Crippen MR) is 126 cm³/mol. The third kappa shape index (κ3) is 4.25. The normalized spacial score (nSPS) is 20.2. The average molecular weight is 436 g/mol. The lowest BCUT2D eigenvalue weighted by Crippen LogP contribution is -2.56. The number of carbonyl (C=O) groups is 1. The Hall–Kier alpha value is -2.64. The van der Waals surface area contributed by atoms with Gasteiger partial charge in [-0.05, 0) is 48.9 Å². The number of piperidine rings is 1. The van der Waals surface area contributed by atoms with E-state index in [4.69, 9.17) is 0 Å². The number of hydrogen-bond donors (Lipinski definition) is 1. The Bertz CT molecular complexity index is 1020. The van der Waals surface area contributed by atoms with Crippen LogP contribution in [0.4, 0.5) is 5.69 Å². The number of aryl methyl sites for hydroxylation is 1. The highest BCUT2D eigenvalue weighted by Gasteiger charge is 2.31. The number of piperazine rings is 1. The first-order chi connectivity index (χ1) is 15.2. The first-order valence-electron chi connectivity index (χ1n) is 11.1. The van der Waals surface area contributed by atoms with Gasteiger partial charge in [0.1, 0.15) is 5.69 Å². The van der Waals surface area contributed by atoms with Gasteiger partial charge in [-0.2, -0.15) is 16.4 Å². The number of aromatic amines is 1. The van der Waals surface area contributed by atoms with E-state index in [2.05, 4.69) is 56.6 Å². The fraction of sp³-hybridized carbons (Fsp3) is 0.417. The van der Waals surface area contributed by atoms with E-state index in [-0.39, 0.29) is 5.91 Å². The highest BCUT2D eigenvalue weighted by Crippen LogP contribution is 2.25. The van der Waals surface area contributed by atoms with E-state index in [0.29, 0.717) is 11.7 Å². The maximum absolute atomic E-state index is 13.1. The fourth-order valence-corrected chi connectivity index (χ4v) is 5.49. The Morgan fingerprint density at radius 1 is 1.13 bits per heavy atom. The summed E-state index contributed by atoms with van der Waals surface area (Å²) >= 11 is 1.64. The number of aromatic nitrogens is 2. The van der Waals surface area contributed by atoms with Gasteiger partial charge in [-0.3, -0.25) is 14.8 Å². The molecule has 1 amide bonds. The van der Waals surface area contributed by atoms with Crippen LogP contribution in [0.25, 0.3) is 11.3 Å². The van der Waals surface area contributed by atoms with E-state index in [1.165, 1.54) is 11.3 Å². The third-order valence-corrected chi connectivity index (χ3v) is 7.28. The molecule has 2 saturated heterocycles. The zero-order chi connectivity index (χ0) is 21.2. The van der Waals surface area contributed by atoms with Gasteiger partial charge in [0.2, 0.25) is 0 Å². The molecule has 0 radical (unpaired) electrons.